The molecule has 0 bridgehead atoms. The second kappa shape index (κ2) is 8.55. The van der Waals surface area contributed by atoms with Crippen molar-refractivity contribution in [2.75, 3.05) is 26.1 Å². The van der Waals surface area contributed by atoms with Crippen molar-refractivity contribution in [2.45, 2.75) is 43.8 Å². The first kappa shape index (κ1) is 22.3. The summed E-state index contributed by atoms with van der Waals surface area (Å²) in [6.07, 6.45) is 2.80. The van der Waals surface area contributed by atoms with E-state index < -0.39 is 22.0 Å². The molecule has 9 heteroatoms. The molecule has 0 fully saturated rings. The summed E-state index contributed by atoms with van der Waals surface area (Å²) in [7, 11) is 1.10. The fourth-order valence-electron chi connectivity index (χ4n) is 4.37. The molecule has 0 radical (unpaired) electrons. The monoisotopic (exact) mass is 456 g/mol. The van der Waals surface area contributed by atoms with Crippen LogP contribution in [0.5, 0.6) is 0 Å². The summed E-state index contributed by atoms with van der Waals surface area (Å²) in [6, 6.07) is 9.89. The molecule has 0 aliphatic carbocycles. The number of anilines is 1. The number of nitrogens with zero attached hydrogens (tertiary/aromatic N) is 4. The van der Waals surface area contributed by atoms with Gasteiger partial charge in [-0.1, -0.05) is 31.2 Å². The second-order valence-electron chi connectivity index (χ2n) is 8.15. The van der Waals surface area contributed by atoms with E-state index >= 15 is 0 Å². The number of imidazole rings is 1. The molecule has 0 saturated carbocycles. The lowest BCUT2D eigenvalue weighted by Crippen LogP contribution is -2.49. The summed E-state index contributed by atoms with van der Waals surface area (Å²) in [5, 5.41) is 1.46. The number of hydrogen-bond acceptors (Lipinski definition) is 6. The molecule has 2 heterocycles. The molecule has 8 nitrogen and oxygen atoms in total. The predicted molar refractivity (Wildman–Crippen MR) is 123 cm³/mol. The molecular weight excluding hydrogens is 428 g/mol. The maximum atomic E-state index is 14.0. The number of fused-ring (bicyclic) bond motifs is 2. The average molecular weight is 457 g/mol. The Kier molecular flexibility index (Phi) is 5.96. The molecule has 0 N–H and O–H groups in total. The van der Waals surface area contributed by atoms with Crippen LogP contribution in [0, 0.1) is 0 Å². The highest BCUT2D eigenvalue weighted by molar-refractivity contribution is 7.89. The van der Waals surface area contributed by atoms with Crippen LogP contribution in [0.1, 0.15) is 24.7 Å². The largest absolute Gasteiger partial charge is 0.468 e. The van der Waals surface area contributed by atoms with Crippen molar-refractivity contribution in [3.63, 3.8) is 0 Å². The summed E-state index contributed by atoms with van der Waals surface area (Å²) in [6.45, 7) is 2.86. The van der Waals surface area contributed by atoms with Gasteiger partial charge in [-0.2, -0.15) is 4.31 Å². The third-order valence-electron chi connectivity index (χ3n) is 5.94. The fourth-order valence-corrected chi connectivity index (χ4v) is 6.12. The molecule has 2 aromatic carbocycles. The average Bonchev–Trinajstić information content (AvgIpc) is 3.18. The van der Waals surface area contributed by atoms with Gasteiger partial charge in [0.05, 0.1) is 36.3 Å². The van der Waals surface area contributed by atoms with Crippen molar-refractivity contribution in [2.24, 2.45) is 0 Å². The number of methoxy groups -OCH3 is 1. The zero-order chi connectivity index (χ0) is 23.0. The molecule has 1 aliphatic heterocycles. The number of benzene rings is 2. The lowest BCUT2D eigenvalue weighted by molar-refractivity contribution is -0.145. The smallest absolute Gasteiger partial charge is 0.324 e. The maximum Gasteiger partial charge on any atom is 0.324 e. The van der Waals surface area contributed by atoms with Crippen molar-refractivity contribution in [1.82, 2.24) is 13.9 Å². The Morgan fingerprint density at radius 1 is 1.19 bits per heavy atom. The van der Waals surface area contributed by atoms with Crippen LogP contribution < -0.4 is 4.90 Å². The first-order valence-electron chi connectivity index (χ1n) is 10.6. The molecular formula is C23H28N4O4S. The van der Waals surface area contributed by atoms with Crippen molar-refractivity contribution in [3.05, 3.63) is 54.1 Å². The molecule has 1 aliphatic rings. The lowest BCUT2D eigenvalue weighted by atomic mass is 10.1. The first-order chi connectivity index (χ1) is 15.3. The van der Waals surface area contributed by atoms with E-state index in [4.69, 9.17) is 4.74 Å². The van der Waals surface area contributed by atoms with Crippen LogP contribution in [0.25, 0.3) is 10.8 Å². The Morgan fingerprint density at radius 2 is 1.91 bits per heavy atom. The van der Waals surface area contributed by atoms with Crippen LogP contribution in [0.15, 0.2) is 47.6 Å². The number of esters is 1. The van der Waals surface area contributed by atoms with Gasteiger partial charge in [0.2, 0.25) is 10.0 Å². The molecule has 1 aromatic heterocycles. The van der Waals surface area contributed by atoms with Gasteiger partial charge in [0.15, 0.2) is 0 Å². The van der Waals surface area contributed by atoms with Crippen LogP contribution in [-0.2, 0) is 39.1 Å². The molecule has 0 unspecified atom stereocenters. The third-order valence-corrected chi connectivity index (χ3v) is 7.85. The Balaban J connectivity index is 1.87. The minimum absolute atomic E-state index is 0.0706. The van der Waals surface area contributed by atoms with Crippen LogP contribution in [0.4, 0.5) is 5.69 Å². The zero-order valence-corrected chi connectivity index (χ0v) is 19.6. The van der Waals surface area contributed by atoms with E-state index in [0.717, 1.165) is 35.4 Å². The third kappa shape index (κ3) is 3.65. The van der Waals surface area contributed by atoms with Gasteiger partial charge in [-0.25, -0.2) is 13.4 Å². The summed E-state index contributed by atoms with van der Waals surface area (Å²) >= 11 is 0. The molecule has 0 spiro atoms. The summed E-state index contributed by atoms with van der Waals surface area (Å²) in [5.41, 5.74) is 2.49. The van der Waals surface area contributed by atoms with Gasteiger partial charge in [0, 0.05) is 43.5 Å². The normalized spacial score (nSPS) is 16.7. The van der Waals surface area contributed by atoms with E-state index in [1.54, 1.807) is 24.5 Å². The highest BCUT2D eigenvalue weighted by Gasteiger charge is 2.42. The second-order valence-corrected chi connectivity index (χ2v) is 10.0. The predicted octanol–water partition coefficient (Wildman–Crippen LogP) is 2.80. The first-order valence-corrected chi connectivity index (χ1v) is 12.0. The van der Waals surface area contributed by atoms with Crippen molar-refractivity contribution in [1.29, 1.82) is 0 Å². The number of aromatic nitrogens is 2. The van der Waals surface area contributed by atoms with E-state index in [1.807, 2.05) is 41.8 Å². The molecule has 32 heavy (non-hydrogen) atoms. The van der Waals surface area contributed by atoms with E-state index in [9.17, 15) is 13.2 Å². The quantitative estimate of drug-likeness (QED) is 0.531. The van der Waals surface area contributed by atoms with Crippen molar-refractivity contribution in [3.8, 4) is 0 Å². The molecule has 170 valence electrons. The number of ether oxygens (including phenoxy) is 1. The summed E-state index contributed by atoms with van der Waals surface area (Å²) < 4.78 is 36.2. The Morgan fingerprint density at radius 3 is 2.59 bits per heavy atom. The minimum Gasteiger partial charge on any atom is -0.468 e. The molecule has 1 atom stereocenters. The Labute approximate surface area is 188 Å². The van der Waals surface area contributed by atoms with Gasteiger partial charge in [0.1, 0.15) is 6.04 Å². The van der Waals surface area contributed by atoms with E-state index in [2.05, 4.69) is 11.9 Å². The number of carbonyl (C=O) groups excluding carboxylic acids is 1. The van der Waals surface area contributed by atoms with E-state index in [1.165, 1.54) is 11.4 Å². The number of rotatable bonds is 6. The number of sulfonamides is 1. The van der Waals surface area contributed by atoms with Crippen LogP contribution in [0.3, 0.4) is 0 Å². The fraction of sp³-hybridized carbons (Fsp3) is 0.391. The summed E-state index contributed by atoms with van der Waals surface area (Å²) in [4.78, 5) is 19.2. The van der Waals surface area contributed by atoms with Crippen molar-refractivity contribution < 1.29 is 17.9 Å². The topological polar surface area (TPSA) is 84.7 Å². The highest BCUT2D eigenvalue weighted by Crippen LogP contribution is 2.35. The standard InChI is InChI=1S/C23H28N4O4S/c1-5-12-26-15-24-18-13-20(23(28)31-4)27(14-21(18)26)32(29,30)22-11-7-8-16-17(22)9-6-10-19(16)25(2)3/h6-11,15,20H,5,12-14H2,1-4H3/t20-/m0/s1. The van der Waals surface area contributed by atoms with Crippen molar-refractivity contribution >= 4 is 32.5 Å². The molecule has 0 amide bonds. The van der Waals surface area contributed by atoms with Gasteiger partial charge in [-0.15, -0.1) is 0 Å². The number of hydrogen-bond donors (Lipinski definition) is 0. The van der Waals surface area contributed by atoms with Gasteiger partial charge in [-0.3, -0.25) is 4.79 Å². The minimum atomic E-state index is -4.01. The van der Waals surface area contributed by atoms with Gasteiger partial charge < -0.3 is 14.2 Å². The Hall–Kier alpha value is -2.91. The van der Waals surface area contributed by atoms with Crippen LogP contribution in [0.2, 0.25) is 0 Å². The maximum absolute atomic E-state index is 14.0. The van der Waals surface area contributed by atoms with Gasteiger partial charge in [0.25, 0.3) is 0 Å². The number of carbonyl (C=O) groups is 1. The number of aryl methyl sites for hydroxylation is 1. The molecule has 4 rings (SSSR count). The molecule has 0 saturated heterocycles. The lowest BCUT2D eigenvalue weighted by Gasteiger charge is -2.33. The van der Waals surface area contributed by atoms with Gasteiger partial charge >= 0.3 is 5.97 Å². The molecule has 3 aromatic rings. The highest BCUT2D eigenvalue weighted by atomic mass is 32.2. The summed E-state index contributed by atoms with van der Waals surface area (Å²) in [5.74, 6) is -0.585. The van der Waals surface area contributed by atoms with Gasteiger partial charge in [-0.05, 0) is 18.6 Å². The zero-order valence-electron chi connectivity index (χ0n) is 18.8. The SMILES string of the molecule is CCCn1cnc2c1CN(S(=O)(=O)c1cccc3c(N(C)C)cccc13)[C@H](C(=O)OC)C2. The Bertz CT molecular complexity index is 1270. The van der Waals surface area contributed by atoms with E-state index in [-0.39, 0.29) is 17.9 Å². The van der Waals surface area contributed by atoms with Crippen LogP contribution in [-0.4, -0.2) is 55.5 Å². The van der Waals surface area contributed by atoms with Crippen LogP contribution >= 0.6 is 0 Å². The van der Waals surface area contributed by atoms with E-state index in [0.29, 0.717) is 5.39 Å².